The minimum Gasteiger partial charge on any atom is -0.328 e. The molecule has 1 heterocycles. The standard InChI is InChI=1S/C14H31N3/c1-5-16-8-10-17(11-9-16)7-6-13(15)12-14(2,3)4/h13H,5-12,15H2,1-4H3. The van der Waals surface area contributed by atoms with Crippen LogP contribution in [0.15, 0.2) is 0 Å². The second-order valence-electron chi connectivity index (χ2n) is 6.59. The molecular weight excluding hydrogens is 210 g/mol. The van der Waals surface area contributed by atoms with Crippen molar-refractivity contribution in [1.82, 2.24) is 9.80 Å². The number of nitrogens with two attached hydrogens (primary N) is 1. The lowest BCUT2D eigenvalue weighted by atomic mass is 9.87. The summed E-state index contributed by atoms with van der Waals surface area (Å²) in [6, 6.07) is 0.360. The predicted molar refractivity (Wildman–Crippen MR) is 75.2 cm³/mol. The summed E-state index contributed by atoms with van der Waals surface area (Å²) in [4.78, 5) is 5.08. The molecule has 102 valence electrons. The van der Waals surface area contributed by atoms with Gasteiger partial charge in [-0.25, -0.2) is 0 Å². The third-order valence-electron chi connectivity index (χ3n) is 3.60. The minimum absolute atomic E-state index is 0.360. The lowest BCUT2D eigenvalue weighted by Crippen LogP contribution is -2.47. The molecule has 1 saturated heterocycles. The van der Waals surface area contributed by atoms with Gasteiger partial charge in [-0.15, -0.1) is 0 Å². The van der Waals surface area contributed by atoms with Crippen molar-refractivity contribution in [2.24, 2.45) is 11.1 Å². The van der Waals surface area contributed by atoms with E-state index in [-0.39, 0.29) is 0 Å². The molecule has 2 N–H and O–H groups in total. The number of likely N-dealkylation sites (N-methyl/N-ethyl adjacent to an activating group) is 1. The Hall–Kier alpha value is -0.120. The predicted octanol–water partition coefficient (Wildman–Crippen LogP) is 1.78. The fourth-order valence-corrected chi connectivity index (χ4v) is 2.57. The molecule has 1 aliphatic heterocycles. The first-order valence-corrected chi connectivity index (χ1v) is 7.11. The van der Waals surface area contributed by atoms with Crippen molar-refractivity contribution in [3.63, 3.8) is 0 Å². The smallest absolute Gasteiger partial charge is 0.0110 e. The van der Waals surface area contributed by atoms with Gasteiger partial charge in [-0.2, -0.15) is 0 Å². The van der Waals surface area contributed by atoms with E-state index in [9.17, 15) is 0 Å². The molecular formula is C14H31N3. The topological polar surface area (TPSA) is 32.5 Å². The first-order valence-electron chi connectivity index (χ1n) is 7.11. The van der Waals surface area contributed by atoms with Gasteiger partial charge < -0.3 is 15.5 Å². The largest absolute Gasteiger partial charge is 0.328 e. The van der Waals surface area contributed by atoms with E-state index in [0.717, 1.165) is 12.8 Å². The van der Waals surface area contributed by atoms with E-state index in [1.807, 2.05) is 0 Å². The van der Waals surface area contributed by atoms with Crippen molar-refractivity contribution in [3.05, 3.63) is 0 Å². The molecule has 1 fully saturated rings. The quantitative estimate of drug-likeness (QED) is 0.796. The van der Waals surface area contributed by atoms with Crippen LogP contribution in [-0.4, -0.2) is 55.1 Å². The van der Waals surface area contributed by atoms with E-state index in [2.05, 4.69) is 37.5 Å². The number of nitrogens with zero attached hydrogens (tertiary/aromatic N) is 2. The molecule has 0 bridgehead atoms. The Bertz CT molecular complexity index is 202. The van der Waals surface area contributed by atoms with Crippen molar-refractivity contribution in [2.45, 2.75) is 46.6 Å². The fraction of sp³-hybridized carbons (Fsp3) is 1.00. The highest BCUT2D eigenvalue weighted by Gasteiger charge is 2.18. The zero-order valence-electron chi connectivity index (χ0n) is 12.2. The van der Waals surface area contributed by atoms with Gasteiger partial charge in [0.2, 0.25) is 0 Å². The van der Waals surface area contributed by atoms with Crippen LogP contribution < -0.4 is 5.73 Å². The van der Waals surface area contributed by atoms with Gasteiger partial charge in [0.15, 0.2) is 0 Å². The Kier molecular flexibility index (Phi) is 5.90. The van der Waals surface area contributed by atoms with Crippen LogP contribution in [0, 0.1) is 5.41 Å². The molecule has 3 nitrogen and oxygen atoms in total. The number of piperazine rings is 1. The Labute approximate surface area is 107 Å². The highest BCUT2D eigenvalue weighted by atomic mass is 15.3. The third kappa shape index (κ3) is 6.39. The highest BCUT2D eigenvalue weighted by molar-refractivity contribution is 4.75. The number of hydrogen-bond donors (Lipinski definition) is 1. The van der Waals surface area contributed by atoms with Crippen LogP contribution in [0.3, 0.4) is 0 Å². The molecule has 0 radical (unpaired) electrons. The maximum Gasteiger partial charge on any atom is 0.0110 e. The van der Waals surface area contributed by atoms with E-state index in [1.54, 1.807) is 0 Å². The van der Waals surface area contributed by atoms with Gasteiger partial charge >= 0.3 is 0 Å². The van der Waals surface area contributed by atoms with Gasteiger partial charge in [-0.05, 0) is 31.3 Å². The molecule has 0 aromatic heterocycles. The van der Waals surface area contributed by atoms with Crippen molar-refractivity contribution < 1.29 is 0 Å². The summed E-state index contributed by atoms with van der Waals surface area (Å²) >= 11 is 0. The molecule has 0 aliphatic carbocycles. The van der Waals surface area contributed by atoms with Crippen LogP contribution in [0.2, 0.25) is 0 Å². The average Bonchev–Trinajstić information content (AvgIpc) is 2.25. The van der Waals surface area contributed by atoms with E-state index < -0.39 is 0 Å². The third-order valence-corrected chi connectivity index (χ3v) is 3.60. The zero-order chi connectivity index (χ0) is 12.9. The normalized spacial score (nSPS) is 21.7. The molecule has 3 heteroatoms. The van der Waals surface area contributed by atoms with E-state index in [1.165, 1.54) is 39.3 Å². The van der Waals surface area contributed by atoms with Crippen molar-refractivity contribution in [2.75, 3.05) is 39.3 Å². The molecule has 0 amide bonds. The van der Waals surface area contributed by atoms with Crippen molar-refractivity contribution in [1.29, 1.82) is 0 Å². The molecule has 17 heavy (non-hydrogen) atoms. The SMILES string of the molecule is CCN1CCN(CCC(N)CC(C)(C)C)CC1. The van der Waals surface area contributed by atoms with E-state index >= 15 is 0 Å². The fourth-order valence-electron chi connectivity index (χ4n) is 2.57. The first-order chi connectivity index (χ1) is 7.90. The molecule has 1 atom stereocenters. The summed E-state index contributed by atoms with van der Waals surface area (Å²) in [6.45, 7) is 16.3. The number of rotatable bonds is 5. The van der Waals surface area contributed by atoms with Gasteiger partial charge in [-0.3, -0.25) is 0 Å². The summed E-state index contributed by atoms with van der Waals surface area (Å²) < 4.78 is 0. The highest BCUT2D eigenvalue weighted by Crippen LogP contribution is 2.21. The zero-order valence-corrected chi connectivity index (χ0v) is 12.2. The van der Waals surface area contributed by atoms with E-state index in [4.69, 9.17) is 5.73 Å². The summed E-state index contributed by atoms with van der Waals surface area (Å²) in [6.07, 6.45) is 2.27. The minimum atomic E-state index is 0.360. The van der Waals surface area contributed by atoms with Gasteiger partial charge in [0.1, 0.15) is 0 Å². The van der Waals surface area contributed by atoms with Crippen LogP contribution in [0.4, 0.5) is 0 Å². The Morgan fingerprint density at radius 3 is 2.06 bits per heavy atom. The van der Waals surface area contributed by atoms with Crippen LogP contribution in [0.5, 0.6) is 0 Å². The molecule has 1 aliphatic rings. The molecule has 0 aromatic rings. The summed E-state index contributed by atoms with van der Waals surface area (Å²) in [5.74, 6) is 0. The lowest BCUT2D eigenvalue weighted by Gasteiger charge is -2.34. The summed E-state index contributed by atoms with van der Waals surface area (Å²) in [5.41, 5.74) is 6.55. The molecule has 0 aromatic carbocycles. The summed E-state index contributed by atoms with van der Waals surface area (Å²) in [5, 5.41) is 0. The Morgan fingerprint density at radius 2 is 1.59 bits per heavy atom. The van der Waals surface area contributed by atoms with Crippen molar-refractivity contribution >= 4 is 0 Å². The van der Waals surface area contributed by atoms with Gasteiger partial charge in [-0.1, -0.05) is 27.7 Å². The van der Waals surface area contributed by atoms with Crippen LogP contribution in [-0.2, 0) is 0 Å². The lowest BCUT2D eigenvalue weighted by molar-refractivity contribution is 0.132. The van der Waals surface area contributed by atoms with Gasteiger partial charge in [0.25, 0.3) is 0 Å². The maximum atomic E-state index is 6.19. The molecule has 1 unspecified atom stereocenters. The number of hydrogen-bond acceptors (Lipinski definition) is 3. The average molecular weight is 241 g/mol. The second-order valence-corrected chi connectivity index (χ2v) is 6.59. The Balaban J connectivity index is 2.15. The monoisotopic (exact) mass is 241 g/mol. The van der Waals surface area contributed by atoms with Crippen LogP contribution in [0.1, 0.15) is 40.5 Å². The molecule has 0 spiro atoms. The van der Waals surface area contributed by atoms with Gasteiger partial charge in [0.05, 0.1) is 0 Å². The first kappa shape index (κ1) is 14.9. The van der Waals surface area contributed by atoms with Crippen LogP contribution >= 0.6 is 0 Å². The maximum absolute atomic E-state index is 6.19. The summed E-state index contributed by atoms with van der Waals surface area (Å²) in [7, 11) is 0. The van der Waals surface area contributed by atoms with Gasteiger partial charge in [0, 0.05) is 32.2 Å². The molecule has 0 saturated carbocycles. The van der Waals surface area contributed by atoms with Crippen LogP contribution in [0.25, 0.3) is 0 Å². The Morgan fingerprint density at radius 1 is 1.06 bits per heavy atom. The van der Waals surface area contributed by atoms with Crippen molar-refractivity contribution in [3.8, 4) is 0 Å². The second kappa shape index (κ2) is 6.72. The molecule has 1 rings (SSSR count). The van der Waals surface area contributed by atoms with E-state index in [0.29, 0.717) is 11.5 Å².